The van der Waals surface area contributed by atoms with Gasteiger partial charge in [0.1, 0.15) is 3.26 Å². The maximum absolute atomic E-state index is 13.1. The second kappa shape index (κ2) is 8.72. The smallest absolute Gasteiger partial charge is 0.211 e. The normalized spacial score (nSPS) is 17.9. The van der Waals surface area contributed by atoms with Gasteiger partial charge in [-0.1, -0.05) is 46.9 Å². The number of alkyl halides is 5. The van der Waals surface area contributed by atoms with Crippen LogP contribution in [0.4, 0.5) is 13.2 Å². The molecular formula is C20H20ClF3INO2S. The summed E-state index contributed by atoms with van der Waals surface area (Å²) in [6, 6.07) is 9.50. The summed E-state index contributed by atoms with van der Waals surface area (Å²) in [6.45, 7) is 1.62. The van der Waals surface area contributed by atoms with Crippen molar-refractivity contribution >= 4 is 44.2 Å². The molecule has 1 aliphatic rings. The Morgan fingerprint density at radius 3 is 2.38 bits per heavy atom. The van der Waals surface area contributed by atoms with Gasteiger partial charge >= 0.3 is 6.18 Å². The molecule has 0 saturated heterocycles. The van der Waals surface area contributed by atoms with Crippen LogP contribution in [-0.4, -0.2) is 17.7 Å². The van der Waals surface area contributed by atoms with Crippen molar-refractivity contribution in [1.29, 1.82) is 0 Å². The Balaban J connectivity index is 1.79. The Hall–Kier alpha value is -0.840. The van der Waals surface area contributed by atoms with Crippen LogP contribution >= 0.6 is 34.2 Å². The summed E-state index contributed by atoms with van der Waals surface area (Å²) in [5.41, 5.74) is 3.25. The standard InChI is InChI=1S/C20H20ClF3INO2S/c1-12(25)29(27,28)26-19-9-16-3-2-13(6-17(16)10-19)4-14-5-15(11-21)8-18(7-14)20(22,23)24/h2-3,5-8,12,19,26H,4,9-11H2,1H3/t12?,19-/m0/s1. The Labute approximate surface area is 187 Å². The lowest BCUT2D eigenvalue weighted by atomic mass is 9.97. The molecule has 0 aromatic heterocycles. The largest absolute Gasteiger partial charge is 0.416 e. The minimum atomic E-state index is -4.42. The highest BCUT2D eigenvalue weighted by Gasteiger charge is 2.31. The molecule has 0 fully saturated rings. The van der Waals surface area contributed by atoms with E-state index in [2.05, 4.69) is 4.72 Å². The lowest BCUT2D eigenvalue weighted by molar-refractivity contribution is -0.137. The number of sulfonamides is 1. The van der Waals surface area contributed by atoms with Gasteiger partial charge in [-0.3, -0.25) is 0 Å². The fourth-order valence-electron chi connectivity index (χ4n) is 3.53. The number of halogens is 5. The van der Waals surface area contributed by atoms with E-state index in [1.54, 1.807) is 13.0 Å². The Morgan fingerprint density at radius 2 is 1.76 bits per heavy atom. The zero-order valence-electron chi connectivity index (χ0n) is 15.6. The first-order chi connectivity index (χ1) is 13.5. The van der Waals surface area contributed by atoms with Crippen molar-refractivity contribution in [2.75, 3.05) is 0 Å². The van der Waals surface area contributed by atoms with E-state index in [9.17, 15) is 21.6 Å². The predicted molar refractivity (Wildman–Crippen MR) is 117 cm³/mol. The number of fused-ring (bicyclic) bond motifs is 1. The molecule has 2 aromatic rings. The monoisotopic (exact) mass is 557 g/mol. The molecule has 158 valence electrons. The summed E-state index contributed by atoms with van der Waals surface area (Å²) in [4.78, 5) is 0. The lowest BCUT2D eigenvalue weighted by Crippen LogP contribution is -2.38. The van der Waals surface area contributed by atoms with Crippen molar-refractivity contribution in [3.05, 3.63) is 69.8 Å². The van der Waals surface area contributed by atoms with E-state index in [-0.39, 0.29) is 11.9 Å². The van der Waals surface area contributed by atoms with Gasteiger partial charge in [-0.15, -0.1) is 11.6 Å². The summed E-state index contributed by atoms with van der Waals surface area (Å²) >= 11 is 7.63. The van der Waals surface area contributed by atoms with Crippen LogP contribution in [-0.2, 0) is 41.3 Å². The van der Waals surface area contributed by atoms with Crippen LogP contribution in [0.3, 0.4) is 0 Å². The zero-order chi connectivity index (χ0) is 21.4. The lowest BCUT2D eigenvalue weighted by Gasteiger charge is -2.13. The van der Waals surface area contributed by atoms with Gasteiger partial charge in [0.2, 0.25) is 10.0 Å². The van der Waals surface area contributed by atoms with Crippen LogP contribution in [0.25, 0.3) is 0 Å². The molecule has 0 aliphatic heterocycles. The number of hydrogen-bond donors (Lipinski definition) is 1. The summed E-state index contributed by atoms with van der Waals surface area (Å²) in [5.74, 6) is 0.0121. The first-order valence-corrected chi connectivity index (χ1v) is 12.3. The van der Waals surface area contributed by atoms with Crippen molar-refractivity contribution in [3.63, 3.8) is 0 Å². The molecule has 0 radical (unpaired) electrons. The molecule has 3 rings (SSSR count). The van der Waals surface area contributed by atoms with E-state index in [0.717, 1.165) is 28.8 Å². The van der Waals surface area contributed by atoms with Crippen molar-refractivity contribution in [3.8, 4) is 0 Å². The molecule has 1 N–H and O–H groups in total. The van der Waals surface area contributed by atoms with Gasteiger partial charge in [-0.05, 0) is 66.1 Å². The first-order valence-electron chi connectivity index (χ1n) is 9.00. The Bertz CT molecular complexity index is 1010. The first kappa shape index (κ1) is 22.8. The van der Waals surface area contributed by atoms with Crippen LogP contribution < -0.4 is 4.72 Å². The average molecular weight is 558 g/mol. The van der Waals surface area contributed by atoms with Crippen LogP contribution in [0.1, 0.15) is 40.3 Å². The van der Waals surface area contributed by atoms with E-state index in [4.69, 9.17) is 11.6 Å². The second-order valence-electron chi connectivity index (χ2n) is 7.26. The quantitative estimate of drug-likeness (QED) is 0.392. The van der Waals surface area contributed by atoms with Crippen molar-refractivity contribution in [1.82, 2.24) is 4.72 Å². The van der Waals surface area contributed by atoms with Gasteiger partial charge in [0.25, 0.3) is 0 Å². The van der Waals surface area contributed by atoms with Crippen LogP contribution in [0, 0.1) is 0 Å². The van der Waals surface area contributed by atoms with Gasteiger partial charge < -0.3 is 0 Å². The number of benzene rings is 2. The van der Waals surface area contributed by atoms with Crippen LogP contribution in [0.2, 0.25) is 0 Å². The van der Waals surface area contributed by atoms with Gasteiger partial charge in [-0.25, -0.2) is 13.1 Å². The third-order valence-corrected chi connectivity index (χ3v) is 8.74. The number of hydrogen-bond acceptors (Lipinski definition) is 2. The van der Waals surface area contributed by atoms with Gasteiger partial charge in [0.15, 0.2) is 0 Å². The summed E-state index contributed by atoms with van der Waals surface area (Å²) < 4.78 is 65.8. The Kier molecular flexibility index (Phi) is 6.87. The molecule has 1 unspecified atom stereocenters. The van der Waals surface area contributed by atoms with E-state index < -0.39 is 25.0 Å². The highest BCUT2D eigenvalue weighted by Crippen LogP contribution is 2.32. The van der Waals surface area contributed by atoms with E-state index in [1.807, 2.05) is 40.8 Å². The molecule has 2 aromatic carbocycles. The third-order valence-electron chi connectivity index (χ3n) is 4.90. The van der Waals surface area contributed by atoms with E-state index in [1.165, 1.54) is 0 Å². The maximum atomic E-state index is 13.1. The molecule has 29 heavy (non-hydrogen) atoms. The van der Waals surface area contributed by atoms with Crippen LogP contribution in [0.15, 0.2) is 36.4 Å². The predicted octanol–water partition coefficient (Wildman–Crippen LogP) is 5.20. The van der Waals surface area contributed by atoms with Crippen molar-refractivity contribution < 1.29 is 21.6 Å². The summed E-state index contributed by atoms with van der Waals surface area (Å²) in [5, 5.41) is 0. The number of rotatable bonds is 6. The van der Waals surface area contributed by atoms with E-state index in [0.29, 0.717) is 30.4 Å². The molecule has 0 spiro atoms. The molecule has 1 aliphatic carbocycles. The maximum Gasteiger partial charge on any atom is 0.416 e. The topological polar surface area (TPSA) is 46.2 Å². The van der Waals surface area contributed by atoms with Gasteiger partial charge in [-0.2, -0.15) is 13.2 Å². The molecule has 0 bridgehead atoms. The zero-order valence-corrected chi connectivity index (χ0v) is 19.3. The third kappa shape index (κ3) is 5.65. The van der Waals surface area contributed by atoms with Crippen molar-refractivity contribution in [2.24, 2.45) is 0 Å². The molecule has 3 nitrogen and oxygen atoms in total. The molecule has 2 atom stereocenters. The van der Waals surface area contributed by atoms with Crippen LogP contribution in [0.5, 0.6) is 0 Å². The highest BCUT2D eigenvalue weighted by molar-refractivity contribution is 14.1. The minimum Gasteiger partial charge on any atom is -0.211 e. The van der Waals surface area contributed by atoms with Crippen molar-refractivity contribution in [2.45, 2.75) is 47.5 Å². The fourth-order valence-corrected chi connectivity index (χ4v) is 4.95. The molecule has 0 amide bonds. The van der Waals surface area contributed by atoms with Gasteiger partial charge in [0, 0.05) is 11.9 Å². The second-order valence-corrected chi connectivity index (χ2v) is 12.3. The summed E-state index contributed by atoms with van der Waals surface area (Å²) in [7, 11) is -3.37. The van der Waals surface area contributed by atoms with E-state index >= 15 is 0 Å². The number of nitrogens with one attached hydrogen (secondary N) is 1. The molecular weight excluding hydrogens is 538 g/mol. The fraction of sp³-hybridized carbons (Fsp3) is 0.400. The minimum absolute atomic E-state index is 0.0121. The molecule has 0 heterocycles. The molecule has 9 heteroatoms. The average Bonchev–Trinajstić information content (AvgIpc) is 3.01. The molecule has 0 saturated carbocycles. The van der Waals surface area contributed by atoms with Gasteiger partial charge in [0.05, 0.1) is 5.56 Å². The Morgan fingerprint density at radius 1 is 1.10 bits per heavy atom. The summed E-state index contributed by atoms with van der Waals surface area (Å²) in [6.07, 6.45) is -2.89. The SMILES string of the molecule is CC(I)S(=O)(=O)N[C@H]1Cc2ccc(Cc3cc(CCl)cc(C(F)(F)F)c3)cc2C1. The highest BCUT2D eigenvalue weighted by atomic mass is 127.